The Labute approximate surface area is 104 Å². The number of nitrogens with zero attached hydrogens (tertiary/aromatic N) is 1. The topological polar surface area (TPSA) is 38.5 Å². The summed E-state index contributed by atoms with van der Waals surface area (Å²) in [6.07, 6.45) is 1.02. The monoisotopic (exact) mass is 244 g/mol. The zero-order chi connectivity index (χ0) is 12.6. The third-order valence-corrected chi connectivity index (χ3v) is 3.36. The van der Waals surface area contributed by atoms with E-state index in [1.165, 1.54) is 0 Å². The molecule has 0 aromatic heterocycles. The van der Waals surface area contributed by atoms with Crippen molar-refractivity contribution in [1.82, 2.24) is 4.90 Å². The third-order valence-electron chi connectivity index (χ3n) is 3.23. The van der Waals surface area contributed by atoms with E-state index in [0.29, 0.717) is 17.6 Å². The normalized spacial score (nSPS) is 27.2. The highest BCUT2D eigenvalue weighted by Gasteiger charge is 2.47. The maximum absolute atomic E-state index is 6.09. The predicted molar refractivity (Wildman–Crippen MR) is 71.7 cm³/mol. The minimum absolute atomic E-state index is 0.0577. The van der Waals surface area contributed by atoms with Crippen LogP contribution in [0.15, 0.2) is 0 Å². The van der Waals surface area contributed by atoms with E-state index >= 15 is 0 Å². The van der Waals surface area contributed by atoms with Crippen molar-refractivity contribution in [3.05, 3.63) is 0 Å². The van der Waals surface area contributed by atoms with Crippen LogP contribution in [0.1, 0.15) is 41.0 Å². The summed E-state index contributed by atoms with van der Waals surface area (Å²) >= 11 is 5.00. The Kier molecular flexibility index (Phi) is 3.98. The summed E-state index contributed by atoms with van der Waals surface area (Å²) in [5, 5.41) is 0. The molecule has 1 rings (SSSR count). The molecule has 1 saturated heterocycles. The number of thiocarbonyl (C=S) groups is 1. The van der Waals surface area contributed by atoms with Gasteiger partial charge in [-0.05, 0) is 40.7 Å². The molecule has 0 radical (unpaired) electrons. The quantitative estimate of drug-likeness (QED) is 0.767. The van der Waals surface area contributed by atoms with Gasteiger partial charge in [-0.1, -0.05) is 19.1 Å². The first-order chi connectivity index (χ1) is 7.18. The molecule has 1 unspecified atom stereocenters. The number of likely N-dealkylation sites (N-methyl/N-ethyl adjacent to an activating group) is 1. The first-order valence-corrected chi connectivity index (χ1v) is 6.31. The number of nitrogens with two attached hydrogens (primary N) is 1. The lowest BCUT2D eigenvalue weighted by Crippen LogP contribution is -2.49. The molecule has 1 heterocycles. The molecule has 0 spiro atoms. The van der Waals surface area contributed by atoms with Crippen molar-refractivity contribution in [3.8, 4) is 0 Å². The molecular weight excluding hydrogens is 220 g/mol. The van der Waals surface area contributed by atoms with Crippen molar-refractivity contribution in [3.63, 3.8) is 0 Å². The molecule has 0 amide bonds. The van der Waals surface area contributed by atoms with Gasteiger partial charge < -0.3 is 10.5 Å². The summed E-state index contributed by atoms with van der Waals surface area (Å²) in [6.45, 7) is 12.3. The van der Waals surface area contributed by atoms with E-state index in [9.17, 15) is 0 Å². The van der Waals surface area contributed by atoms with Gasteiger partial charge in [0.1, 0.15) is 0 Å². The van der Waals surface area contributed by atoms with Crippen LogP contribution in [-0.2, 0) is 4.74 Å². The van der Waals surface area contributed by atoms with E-state index in [1.54, 1.807) is 0 Å². The minimum Gasteiger partial charge on any atom is -0.392 e. The third kappa shape index (κ3) is 3.15. The Hall–Kier alpha value is -0.190. The molecule has 0 aromatic carbocycles. The van der Waals surface area contributed by atoms with Gasteiger partial charge in [0.15, 0.2) is 0 Å². The van der Waals surface area contributed by atoms with E-state index in [-0.39, 0.29) is 11.2 Å². The molecule has 0 aromatic rings. The predicted octanol–water partition coefficient (Wildman–Crippen LogP) is 1.94. The summed E-state index contributed by atoms with van der Waals surface area (Å²) in [4.78, 5) is 2.87. The second-order valence-electron chi connectivity index (χ2n) is 5.71. The van der Waals surface area contributed by atoms with Crippen molar-refractivity contribution in [1.29, 1.82) is 0 Å². The van der Waals surface area contributed by atoms with Gasteiger partial charge in [-0.3, -0.25) is 4.90 Å². The average Bonchev–Trinajstić information content (AvgIpc) is 2.29. The summed E-state index contributed by atoms with van der Waals surface area (Å²) in [7, 11) is 0. The van der Waals surface area contributed by atoms with Crippen molar-refractivity contribution in [2.45, 2.75) is 58.3 Å². The molecule has 1 atom stereocenters. The highest BCUT2D eigenvalue weighted by molar-refractivity contribution is 7.80. The van der Waals surface area contributed by atoms with Crippen LogP contribution < -0.4 is 5.73 Å². The summed E-state index contributed by atoms with van der Waals surface area (Å²) < 4.78 is 6.09. The Morgan fingerprint density at radius 3 is 2.31 bits per heavy atom. The summed E-state index contributed by atoms with van der Waals surface area (Å²) in [5.41, 5.74) is 5.45. The molecule has 0 aliphatic carbocycles. The second kappa shape index (κ2) is 4.59. The van der Waals surface area contributed by atoms with Crippen LogP contribution in [0.3, 0.4) is 0 Å². The van der Waals surface area contributed by atoms with Gasteiger partial charge >= 0.3 is 0 Å². The zero-order valence-electron chi connectivity index (χ0n) is 11.0. The number of ether oxygens (including phenoxy) is 1. The van der Waals surface area contributed by atoms with Crippen molar-refractivity contribution in [2.24, 2.45) is 5.73 Å². The molecule has 94 valence electrons. The van der Waals surface area contributed by atoms with E-state index in [4.69, 9.17) is 22.7 Å². The van der Waals surface area contributed by atoms with Gasteiger partial charge in [0, 0.05) is 12.6 Å². The highest BCUT2D eigenvalue weighted by Crippen LogP contribution is 2.39. The number of hydrogen-bond acceptors (Lipinski definition) is 3. The van der Waals surface area contributed by atoms with Crippen LogP contribution in [0.2, 0.25) is 0 Å². The Bertz CT molecular complexity index is 276. The largest absolute Gasteiger partial charge is 0.392 e. The second-order valence-corrected chi connectivity index (χ2v) is 6.24. The van der Waals surface area contributed by atoms with Gasteiger partial charge in [-0.2, -0.15) is 0 Å². The fourth-order valence-electron chi connectivity index (χ4n) is 2.74. The number of rotatable bonds is 4. The molecule has 1 fully saturated rings. The van der Waals surface area contributed by atoms with Crippen molar-refractivity contribution >= 4 is 17.2 Å². The van der Waals surface area contributed by atoms with E-state index < -0.39 is 0 Å². The minimum atomic E-state index is -0.135. The van der Waals surface area contributed by atoms with Gasteiger partial charge in [-0.25, -0.2) is 0 Å². The van der Waals surface area contributed by atoms with Gasteiger partial charge in [0.25, 0.3) is 0 Å². The van der Waals surface area contributed by atoms with Crippen molar-refractivity contribution < 1.29 is 4.74 Å². The maximum atomic E-state index is 6.09. The number of hydrogen-bond donors (Lipinski definition) is 1. The maximum Gasteiger partial charge on any atom is 0.0870 e. The van der Waals surface area contributed by atoms with E-state index in [2.05, 4.69) is 39.5 Å². The molecule has 0 bridgehead atoms. The molecule has 2 N–H and O–H groups in total. The van der Waals surface area contributed by atoms with Crippen LogP contribution in [0.4, 0.5) is 0 Å². The first kappa shape index (κ1) is 13.9. The Morgan fingerprint density at radius 2 is 2.00 bits per heavy atom. The SMILES string of the molecule is CCN(CC(N)=S)C1CC(C)(C)OC1(C)C. The first-order valence-electron chi connectivity index (χ1n) is 5.90. The van der Waals surface area contributed by atoms with Crippen LogP contribution >= 0.6 is 12.2 Å². The molecule has 0 saturated carbocycles. The summed E-state index contributed by atoms with van der Waals surface area (Å²) in [5.74, 6) is 0. The van der Waals surface area contributed by atoms with Crippen LogP contribution in [0.25, 0.3) is 0 Å². The Balaban J connectivity index is 2.81. The molecular formula is C12H24N2OS. The standard InChI is InChI=1S/C12H24N2OS/c1-6-14(8-10(13)16)9-7-11(2,3)15-12(9,4)5/h9H,6-8H2,1-5H3,(H2,13,16). The zero-order valence-corrected chi connectivity index (χ0v) is 11.9. The molecule has 1 aliphatic rings. The van der Waals surface area contributed by atoms with E-state index in [0.717, 1.165) is 13.0 Å². The Morgan fingerprint density at radius 1 is 1.44 bits per heavy atom. The lowest BCUT2D eigenvalue weighted by atomic mass is 9.93. The van der Waals surface area contributed by atoms with Gasteiger partial charge in [-0.15, -0.1) is 0 Å². The average molecular weight is 244 g/mol. The smallest absolute Gasteiger partial charge is 0.0870 e. The van der Waals surface area contributed by atoms with E-state index in [1.807, 2.05) is 0 Å². The van der Waals surface area contributed by atoms with Crippen LogP contribution in [0.5, 0.6) is 0 Å². The molecule has 4 heteroatoms. The van der Waals surface area contributed by atoms with Crippen LogP contribution in [-0.4, -0.2) is 40.2 Å². The van der Waals surface area contributed by atoms with Gasteiger partial charge in [0.05, 0.1) is 16.2 Å². The molecule has 1 aliphatic heterocycles. The lowest BCUT2D eigenvalue weighted by molar-refractivity contribution is -0.0790. The fraction of sp³-hybridized carbons (Fsp3) is 0.917. The van der Waals surface area contributed by atoms with Crippen LogP contribution in [0, 0.1) is 0 Å². The highest BCUT2D eigenvalue weighted by atomic mass is 32.1. The summed E-state index contributed by atoms with van der Waals surface area (Å²) in [6, 6.07) is 0.383. The molecule has 16 heavy (non-hydrogen) atoms. The van der Waals surface area contributed by atoms with Crippen molar-refractivity contribution in [2.75, 3.05) is 13.1 Å². The molecule has 3 nitrogen and oxygen atoms in total. The van der Waals surface area contributed by atoms with Gasteiger partial charge in [0.2, 0.25) is 0 Å². The fourth-order valence-corrected chi connectivity index (χ4v) is 2.91. The lowest BCUT2D eigenvalue weighted by Gasteiger charge is -2.35.